The quantitative estimate of drug-likeness (QED) is 0.150. The van der Waals surface area contributed by atoms with Gasteiger partial charge in [0.1, 0.15) is 6.61 Å². The minimum atomic E-state index is -0.806. The molecule has 0 bridgehead atoms. The average molecular weight is 766 g/mol. The van der Waals surface area contributed by atoms with Crippen LogP contribution in [0.4, 0.5) is 0 Å². The summed E-state index contributed by atoms with van der Waals surface area (Å²) in [6, 6.07) is 17.6. The molecule has 5 rings (SSSR count). The number of esters is 1. The van der Waals surface area contributed by atoms with Gasteiger partial charge in [-0.15, -0.1) is 0 Å². The third kappa shape index (κ3) is 6.91. The molecule has 242 valence electrons. The molecule has 1 aromatic heterocycles. The SMILES string of the molecule is CCOC(=O)C1=C(C)N=c2s/c(=C\c3cc(I)c(OCc4ccccc4C#N)c(OC)c3)c(=O)n2[C@H]1c1ccc(OC)c(OCC)c1. The number of halogens is 1. The maximum Gasteiger partial charge on any atom is 0.338 e. The summed E-state index contributed by atoms with van der Waals surface area (Å²) >= 11 is 3.39. The van der Waals surface area contributed by atoms with E-state index in [1.54, 1.807) is 58.4 Å². The van der Waals surface area contributed by atoms with Gasteiger partial charge in [-0.3, -0.25) is 9.36 Å². The number of allylic oxidation sites excluding steroid dienone is 1. The fourth-order valence-corrected chi connectivity index (χ4v) is 7.09. The first-order valence-electron chi connectivity index (χ1n) is 14.7. The second-order valence-corrected chi connectivity index (χ2v) is 12.4. The van der Waals surface area contributed by atoms with Gasteiger partial charge in [0.15, 0.2) is 27.8 Å². The van der Waals surface area contributed by atoms with Crippen molar-refractivity contribution in [1.29, 1.82) is 5.26 Å². The van der Waals surface area contributed by atoms with Crippen LogP contribution >= 0.6 is 33.9 Å². The lowest BCUT2D eigenvalue weighted by Gasteiger charge is -2.25. The number of nitrogens with zero attached hydrogens (tertiary/aromatic N) is 3. The van der Waals surface area contributed by atoms with Gasteiger partial charge in [0.2, 0.25) is 0 Å². The molecule has 1 atom stereocenters. The lowest BCUT2D eigenvalue weighted by atomic mass is 9.95. The van der Waals surface area contributed by atoms with Crippen LogP contribution < -0.4 is 33.8 Å². The van der Waals surface area contributed by atoms with Gasteiger partial charge in [-0.2, -0.15) is 5.26 Å². The first kappa shape index (κ1) is 33.7. The zero-order chi connectivity index (χ0) is 33.7. The number of methoxy groups -OCH3 is 2. The molecule has 4 aromatic rings. The summed E-state index contributed by atoms with van der Waals surface area (Å²) in [6.07, 6.45) is 1.77. The summed E-state index contributed by atoms with van der Waals surface area (Å²) in [5, 5.41) is 9.44. The molecule has 10 nitrogen and oxygen atoms in total. The van der Waals surface area contributed by atoms with Gasteiger partial charge in [-0.05, 0) is 90.9 Å². The van der Waals surface area contributed by atoms with Crippen LogP contribution in [0.15, 0.2) is 75.7 Å². The molecule has 0 aliphatic carbocycles. The van der Waals surface area contributed by atoms with Crippen LogP contribution in [0.5, 0.6) is 23.0 Å². The topological polar surface area (TPSA) is 121 Å². The van der Waals surface area contributed by atoms with Crippen LogP contribution in [0.2, 0.25) is 0 Å². The van der Waals surface area contributed by atoms with Gasteiger partial charge in [0.25, 0.3) is 5.56 Å². The van der Waals surface area contributed by atoms with Gasteiger partial charge in [-0.25, -0.2) is 9.79 Å². The van der Waals surface area contributed by atoms with Crippen molar-refractivity contribution in [2.24, 2.45) is 4.99 Å². The molecule has 47 heavy (non-hydrogen) atoms. The van der Waals surface area contributed by atoms with Crippen molar-refractivity contribution in [3.63, 3.8) is 0 Å². The number of carbonyl (C=O) groups is 1. The Morgan fingerprint density at radius 3 is 2.51 bits per heavy atom. The van der Waals surface area contributed by atoms with E-state index >= 15 is 0 Å². The van der Waals surface area contributed by atoms with E-state index in [1.807, 2.05) is 37.3 Å². The highest BCUT2D eigenvalue weighted by Crippen LogP contribution is 2.37. The molecule has 0 N–H and O–H groups in total. The van der Waals surface area contributed by atoms with E-state index in [9.17, 15) is 14.9 Å². The van der Waals surface area contributed by atoms with Gasteiger partial charge in [0.05, 0.1) is 64.5 Å². The molecule has 1 aliphatic rings. The molecular weight excluding hydrogens is 733 g/mol. The largest absolute Gasteiger partial charge is 0.493 e. The zero-order valence-electron chi connectivity index (χ0n) is 26.5. The van der Waals surface area contributed by atoms with E-state index in [-0.39, 0.29) is 24.3 Å². The number of hydrogen-bond acceptors (Lipinski definition) is 10. The molecule has 1 aliphatic heterocycles. The molecule has 0 saturated heterocycles. The third-order valence-electron chi connectivity index (χ3n) is 7.38. The highest BCUT2D eigenvalue weighted by Gasteiger charge is 2.34. The standard InChI is InChI=1S/C35H32IN3O7S/c1-6-44-27-17-22(12-13-26(27)42-4)31-30(34(41)45-7-2)20(3)38-35-39(31)33(40)29(47-35)16-21-14-25(36)32(28(15-21)43-5)46-19-24-11-9-8-10-23(24)18-37/h8-17,31H,6-7,19H2,1-5H3/b29-16-/t31-/m0/s1. The highest BCUT2D eigenvalue weighted by molar-refractivity contribution is 14.1. The van der Waals surface area contributed by atoms with Crippen molar-refractivity contribution in [2.45, 2.75) is 33.4 Å². The summed E-state index contributed by atoms with van der Waals surface area (Å²) in [7, 11) is 3.10. The summed E-state index contributed by atoms with van der Waals surface area (Å²) in [5.74, 6) is 1.48. The zero-order valence-corrected chi connectivity index (χ0v) is 29.4. The number of fused-ring (bicyclic) bond motifs is 1. The maximum atomic E-state index is 14.2. The molecule has 0 fully saturated rings. The minimum Gasteiger partial charge on any atom is -0.493 e. The maximum absolute atomic E-state index is 14.2. The van der Waals surface area contributed by atoms with Crippen molar-refractivity contribution < 1.29 is 28.5 Å². The molecule has 0 radical (unpaired) electrons. The molecule has 0 saturated carbocycles. The third-order valence-corrected chi connectivity index (χ3v) is 9.16. The van der Waals surface area contributed by atoms with E-state index < -0.39 is 12.0 Å². The highest BCUT2D eigenvalue weighted by atomic mass is 127. The first-order valence-corrected chi connectivity index (χ1v) is 16.6. The van der Waals surface area contributed by atoms with Crippen molar-refractivity contribution in [3.8, 4) is 29.1 Å². The Labute approximate surface area is 289 Å². The minimum absolute atomic E-state index is 0.171. The number of aromatic nitrogens is 1. The fraction of sp³-hybridized carbons (Fsp3) is 0.257. The van der Waals surface area contributed by atoms with Crippen molar-refractivity contribution >= 4 is 46.0 Å². The molecule has 0 amide bonds. The Morgan fingerprint density at radius 1 is 1.04 bits per heavy atom. The molecule has 3 aromatic carbocycles. The van der Waals surface area contributed by atoms with E-state index in [4.69, 9.17) is 23.7 Å². The normalized spacial score (nSPS) is 14.1. The first-order chi connectivity index (χ1) is 22.7. The molecule has 12 heteroatoms. The number of nitriles is 1. The number of rotatable bonds is 11. The Balaban J connectivity index is 1.60. The van der Waals surface area contributed by atoms with E-state index in [0.717, 1.165) is 9.13 Å². The van der Waals surface area contributed by atoms with Gasteiger partial charge >= 0.3 is 5.97 Å². The Bertz CT molecular complexity index is 2100. The Kier molecular flexibility index (Phi) is 10.7. The Hall–Kier alpha value is -4.61. The van der Waals surface area contributed by atoms with Crippen LogP contribution in [-0.4, -0.2) is 38.0 Å². The average Bonchev–Trinajstić information content (AvgIpc) is 3.37. The monoisotopic (exact) mass is 765 g/mol. The summed E-state index contributed by atoms with van der Waals surface area (Å²) in [5.41, 5.74) is 3.08. The summed E-state index contributed by atoms with van der Waals surface area (Å²) < 4.78 is 31.2. The second kappa shape index (κ2) is 14.9. The predicted molar refractivity (Wildman–Crippen MR) is 186 cm³/mol. The number of benzene rings is 3. The fourth-order valence-electron chi connectivity index (χ4n) is 5.26. The van der Waals surface area contributed by atoms with Crippen LogP contribution in [0.25, 0.3) is 6.08 Å². The lowest BCUT2D eigenvalue weighted by Crippen LogP contribution is -2.40. The summed E-state index contributed by atoms with van der Waals surface area (Å²) in [4.78, 5) is 32.6. The number of hydrogen-bond donors (Lipinski definition) is 0. The van der Waals surface area contributed by atoms with Crippen LogP contribution in [0, 0.1) is 14.9 Å². The Morgan fingerprint density at radius 2 is 1.81 bits per heavy atom. The second-order valence-electron chi connectivity index (χ2n) is 10.2. The van der Waals surface area contributed by atoms with Gasteiger partial charge < -0.3 is 23.7 Å². The van der Waals surface area contributed by atoms with Gasteiger partial charge in [-0.1, -0.05) is 35.6 Å². The van der Waals surface area contributed by atoms with E-state index in [0.29, 0.717) is 61.3 Å². The van der Waals surface area contributed by atoms with Crippen LogP contribution in [0.3, 0.4) is 0 Å². The number of ether oxygens (including phenoxy) is 5. The lowest BCUT2D eigenvalue weighted by molar-refractivity contribution is -0.139. The molecule has 0 spiro atoms. The van der Waals surface area contributed by atoms with Crippen LogP contribution in [-0.2, 0) is 16.1 Å². The van der Waals surface area contributed by atoms with Crippen molar-refractivity contribution in [2.75, 3.05) is 27.4 Å². The number of thiazole rings is 1. The van der Waals surface area contributed by atoms with E-state index in [2.05, 4.69) is 33.7 Å². The predicted octanol–water partition coefficient (Wildman–Crippen LogP) is 5.27. The molecule has 2 heterocycles. The number of carbonyl (C=O) groups excluding carboxylic acids is 1. The van der Waals surface area contributed by atoms with Gasteiger partial charge in [0, 0.05) is 5.56 Å². The van der Waals surface area contributed by atoms with E-state index in [1.165, 1.54) is 15.9 Å². The molecular formula is C35H32IN3O7S. The summed E-state index contributed by atoms with van der Waals surface area (Å²) in [6.45, 7) is 6.10. The smallest absolute Gasteiger partial charge is 0.338 e. The van der Waals surface area contributed by atoms with Crippen LogP contribution in [0.1, 0.15) is 49.1 Å². The van der Waals surface area contributed by atoms with Crippen molar-refractivity contribution in [1.82, 2.24) is 4.57 Å². The molecule has 0 unspecified atom stereocenters. The van der Waals surface area contributed by atoms with Crippen molar-refractivity contribution in [3.05, 3.63) is 111 Å².